The van der Waals surface area contributed by atoms with Crippen LogP contribution in [0.2, 0.25) is 0 Å². The van der Waals surface area contributed by atoms with Crippen molar-refractivity contribution in [3.8, 4) is 0 Å². The third kappa shape index (κ3) is 3.12. The van der Waals surface area contributed by atoms with Crippen molar-refractivity contribution in [2.45, 2.75) is 32.7 Å². The predicted octanol–water partition coefficient (Wildman–Crippen LogP) is 4.47. The lowest BCUT2D eigenvalue weighted by atomic mass is 10.1. The molecule has 0 saturated carbocycles. The summed E-state index contributed by atoms with van der Waals surface area (Å²) in [6.07, 6.45) is 2.57. The van der Waals surface area contributed by atoms with E-state index in [0.29, 0.717) is 13.0 Å². The third-order valence-electron chi connectivity index (χ3n) is 4.06. The summed E-state index contributed by atoms with van der Waals surface area (Å²) in [5.74, 6) is 0.234. The van der Waals surface area contributed by atoms with E-state index in [4.69, 9.17) is 0 Å². The van der Waals surface area contributed by atoms with Crippen LogP contribution in [0, 0.1) is 10.5 Å². The van der Waals surface area contributed by atoms with Gasteiger partial charge in [0.05, 0.1) is 6.54 Å². The highest BCUT2D eigenvalue weighted by atomic mass is 127. The minimum Gasteiger partial charge on any atom is -0.308 e. The summed E-state index contributed by atoms with van der Waals surface area (Å²) >= 11 is 2.34. The second-order valence-corrected chi connectivity index (χ2v) is 6.78. The number of aryl methyl sites for hydroxylation is 2. The van der Waals surface area contributed by atoms with Crippen LogP contribution in [0.5, 0.6) is 0 Å². The van der Waals surface area contributed by atoms with Gasteiger partial charge in [-0.05, 0) is 77.2 Å². The number of benzene rings is 2. The fourth-order valence-electron chi connectivity index (χ4n) is 2.85. The summed E-state index contributed by atoms with van der Waals surface area (Å²) in [7, 11) is 0. The molecule has 3 rings (SSSR count). The molecule has 0 radical (unpaired) electrons. The Balaban J connectivity index is 2.00. The molecule has 0 bridgehead atoms. The molecule has 3 heteroatoms. The molecular weight excluding hydrogens is 373 g/mol. The molecule has 108 valence electrons. The van der Waals surface area contributed by atoms with Crippen molar-refractivity contribution >= 4 is 34.2 Å². The molecule has 1 aliphatic heterocycles. The first-order valence-corrected chi connectivity index (χ1v) is 8.36. The zero-order valence-electron chi connectivity index (χ0n) is 12.1. The fraction of sp³-hybridized carbons (Fsp3) is 0.278. The van der Waals surface area contributed by atoms with Gasteiger partial charge >= 0.3 is 0 Å². The molecule has 0 atom stereocenters. The molecule has 1 amide bonds. The zero-order valence-corrected chi connectivity index (χ0v) is 14.3. The molecule has 2 nitrogen and oxygen atoms in total. The number of halogens is 1. The summed E-state index contributed by atoms with van der Waals surface area (Å²) < 4.78 is 1.23. The summed E-state index contributed by atoms with van der Waals surface area (Å²) in [6.45, 7) is 2.77. The zero-order chi connectivity index (χ0) is 14.8. The first kappa shape index (κ1) is 14.6. The number of fused-ring (bicyclic) bond motifs is 1. The number of hydrogen-bond donors (Lipinski definition) is 0. The minimum absolute atomic E-state index is 0.234. The normalized spacial score (nSPS) is 14.8. The Morgan fingerprint density at radius 1 is 1.14 bits per heavy atom. The van der Waals surface area contributed by atoms with Crippen LogP contribution >= 0.6 is 22.6 Å². The van der Waals surface area contributed by atoms with Gasteiger partial charge in [-0.1, -0.05) is 24.3 Å². The van der Waals surface area contributed by atoms with Gasteiger partial charge in [0, 0.05) is 15.7 Å². The molecule has 0 aliphatic carbocycles. The second kappa shape index (κ2) is 6.18. The second-order valence-electron chi connectivity index (χ2n) is 5.53. The summed E-state index contributed by atoms with van der Waals surface area (Å²) in [5.41, 5.74) is 4.83. The molecule has 2 aromatic carbocycles. The lowest BCUT2D eigenvalue weighted by molar-refractivity contribution is -0.118. The van der Waals surface area contributed by atoms with Gasteiger partial charge in [-0.25, -0.2) is 0 Å². The molecular formula is C18H18INO. The molecule has 0 N–H and O–H groups in total. The van der Waals surface area contributed by atoms with Gasteiger partial charge in [0.1, 0.15) is 0 Å². The first-order chi connectivity index (χ1) is 10.1. The number of carbonyl (C=O) groups excluding carboxylic acids is 1. The Morgan fingerprint density at radius 2 is 1.95 bits per heavy atom. The maximum absolute atomic E-state index is 12.5. The number of amides is 1. The van der Waals surface area contributed by atoms with Gasteiger partial charge in [0.15, 0.2) is 0 Å². The molecule has 1 aliphatic rings. The van der Waals surface area contributed by atoms with E-state index in [2.05, 4.69) is 59.8 Å². The summed E-state index contributed by atoms with van der Waals surface area (Å²) in [6, 6.07) is 14.7. The average Bonchev–Trinajstić information content (AvgIpc) is 2.61. The van der Waals surface area contributed by atoms with E-state index in [-0.39, 0.29) is 5.91 Å². The van der Waals surface area contributed by atoms with Gasteiger partial charge in [0.2, 0.25) is 5.91 Å². The van der Waals surface area contributed by atoms with E-state index in [9.17, 15) is 4.79 Å². The van der Waals surface area contributed by atoms with Crippen molar-refractivity contribution in [2.24, 2.45) is 0 Å². The van der Waals surface area contributed by atoms with Crippen LogP contribution < -0.4 is 4.90 Å². The van der Waals surface area contributed by atoms with Crippen molar-refractivity contribution in [3.05, 3.63) is 62.7 Å². The number of carbonyl (C=O) groups is 1. The molecule has 0 fully saturated rings. The SMILES string of the molecule is Cc1ccccc1CN1C(=O)CCCc2cc(I)ccc21. The van der Waals surface area contributed by atoms with Gasteiger partial charge in [-0.3, -0.25) is 4.79 Å². The van der Waals surface area contributed by atoms with Crippen molar-refractivity contribution in [2.75, 3.05) is 4.90 Å². The lowest BCUT2D eigenvalue weighted by Gasteiger charge is -2.24. The van der Waals surface area contributed by atoms with Crippen molar-refractivity contribution in [1.82, 2.24) is 0 Å². The van der Waals surface area contributed by atoms with E-state index in [1.807, 2.05) is 17.0 Å². The molecule has 21 heavy (non-hydrogen) atoms. The highest BCUT2D eigenvalue weighted by Crippen LogP contribution is 2.30. The summed E-state index contributed by atoms with van der Waals surface area (Å²) in [5, 5.41) is 0. The topological polar surface area (TPSA) is 20.3 Å². The fourth-order valence-corrected chi connectivity index (χ4v) is 3.40. The Morgan fingerprint density at radius 3 is 2.76 bits per heavy atom. The third-order valence-corrected chi connectivity index (χ3v) is 4.73. The Labute approximate surface area is 139 Å². The molecule has 2 aromatic rings. The van der Waals surface area contributed by atoms with Crippen LogP contribution in [-0.2, 0) is 17.8 Å². The van der Waals surface area contributed by atoms with Gasteiger partial charge in [-0.15, -0.1) is 0 Å². The highest BCUT2D eigenvalue weighted by molar-refractivity contribution is 14.1. The maximum Gasteiger partial charge on any atom is 0.227 e. The van der Waals surface area contributed by atoms with Gasteiger partial charge in [0.25, 0.3) is 0 Å². The molecule has 0 aromatic heterocycles. The standard InChI is InChI=1S/C18H18INO/c1-13-5-2-3-6-15(13)12-20-17-10-9-16(19)11-14(17)7-4-8-18(20)21/h2-3,5-6,9-11H,4,7-8,12H2,1H3. The molecule has 0 unspecified atom stereocenters. The molecule has 0 spiro atoms. The van der Waals surface area contributed by atoms with Crippen LogP contribution in [0.3, 0.4) is 0 Å². The van der Waals surface area contributed by atoms with E-state index in [1.54, 1.807) is 0 Å². The Hall–Kier alpha value is -1.36. The molecule has 0 saturated heterocycles. The monoisotopic (exact) mass is 391 g/mol. The smallest absolute Gasteiger partial charge is 0.227 e. The summed E-state index contributed by atoms with van der Waals surface area (Å²) in [4.78, 5) is 14.5. The predicted molar refractivity (Wildman–Crippen MR) is 94.5 cm³/mol. The van der Waals surface area contributed by atoms with E-state index in [1.165, 1.54) is 20.3 Å². The van der Waals surface area contributed by atoms with Gasteiger partial charge < -0.3 is 4.90 Å². The lowest BCUT2D eigenvalue weighted by Crippen LogP contribution is -2.29. The van der Waals surface area contributed by atoms with E-state index < -0.39 is 0 Å². The Kier molecular flexibility index (Phi) is 4.29. The Bertz CT molecular complexity index is 681. The van der Waals surface area contributed by atoms with Crippen LogP contribution in [-0.4, -0.2) is 5.91 Å². The molecule has 1 heterocycles. The van der Waals surface area contributed by atoms with Crippen LogP contribution in [0.25, 0.3) is 0 Å². The largest absolute Gasteiger partial charge is 0.308 e. The number of rotatable bonds is 2. The first-order valence-electron chi connectivity index (χ1n) is 7.28. The quantitative estimate of drug-likeness (QED) is 0.692. The van der Waals surface area contributed by atoms with E-state index >= 15 is 0 Å². The number of anilines is 1. The van der Waals surface area contributed by atoms with Crippen molar-refractivity contribution in [3.63, 3.8) is 0 Å². The van der Waals surface area contributed by atoms with Crippen LogP contribution in [0.4, 0.5) is 5.69 Å². The van der Waals surface area contributed by atoms with Crippen molar-refractivity contribution in [1.29, 1.82) is 0 Å². The average molecular weight is 391 g/mol. The van der Waals surface area contributed by atoms with Crippen LogP contribution in [0.15, 0.2) is 42.5 Å². The van der Waals surface area contributed by atoms with Crippen LogP contribution in [0.1, 0.15) is 29.5 Å². The number of hydrogen-bond acceptors (Lipinski definition) is 1. The minimum atomic E-state index is 0.234. The maximum atomic E-state index is 12.5. The highest BCUT2D eigenvalue weighted by Gasteiger charge is 2.22. The van der Waals surface area contributed by atoms with Crippen molar-refractivity contribution < 1.29 is 4.79 Å². The van der Waals surface area contributed by atoms with E-state index in [0.717, 1.165) is 18.5 Å². The van der Waals surface area contributed by atoms with Gasteiger partial charge in [-0.2, -0.15) is 0 Å². The number of nitrogens with zero attached hydrogens (tertiary/aromatic N) is 1.